The third kappa shape index (κ3) is 5.01. The van der Waals surface area contributed by atoms with E-state index in [1.807, 2.05) is 0 Å². The van der Waals surface area contributed by atoms with Crippen LogP contribution in [0.5, 0.6) is 6.01 Å². The summed E-state index contributed by atoms with van der Waals surface area (Å²) in [6, 6.07) is 15.3. The van der Waals surface area contributed by atoms with E-state index in [2.05, 4.69) is 76.1 Å². The number of nitrogens with zero attached hydrogens (tertiary/aromatic N) is 6. The van der Waals surface area contributed by atoms with E-state index in [1.54, 1.807) is 16.2 Å². The number of likely N-dealkylation sites (N-methyl/N-ethyl adjacent to an activating group) is 1. The average Bonchev–Trinajstić information content (AvgIpc) is 3.63. The average molecular weight is 553 g/mol. The number of anilines is 1. The summed E-state index contributed by atoms with van der Waals surface area (Å²) in [5.41, 5.74) is 3.09. The molecular weight excluding hydrogens is 520 g/mol. The summed E-state index contributed by atoms with van der Waals surface area (Å²) in [6.45, 7) is 14.6. The van der Waals surface area contributed by atoms with E-state index < -0.39 is 0 Å². The number of carbonyl (C=O) groups excluding carboxylic acids is 1. The lowest BCUT2D eigenvalue weighted by atomic mass is 10.0. The molecule has 2 aliphatic heterocycles. The molecule has 2 atom stereocenters. The number of hydrogen-bond acceptors (Lipinski definition) is 7. The number of thiophene rings is 1. The number of rotatable bonds is 7. The van der Waals surface area contributed by atoms with Crippen molar-refractivity contribution >= 4 is 44.1 Å². The van der Waals surface area contributed by atoms with Crippen LogP contribution < -0.4 is 9.64 Å². The van der Waals surface area contributed by atoms with Gasteiger partial charge in [0.1, 0.15) is 18.5 Å². The maximum atomic E-state index is 12.5. The first-order valence-electron chi connectivity index (χ1n) is 13.7. The van der Waals surface area contributed by atoms with Crippen molar-refractivity contribution in [1.82, 2.24) is 19.8 Å². The van der Waals surface area contributed by atoms with Crippen LogP contribution in [-0.4, -0.2) is 84.1 Å². The van der Waals surface area contributed by atoms with Crippen LogP contribution in [0.3, 0.4) is 0 Å². The molecule has 0 aliphatic carbocycles. The van der Waals surface area contributed by atoms with Gasteiger partial charge in [0, 0.05) is 35.8 Å². The molecule has 0 unspecified atom stereocenters. The highest BCUT2D eigenvalue weighted by molar-refractivity contribution is 7.17. The van der Waals surface area contributed by atoms with Gasteiger partial charge in [0.15, 0.2) is 0 Å². The molecule has 2 aliphatic rings. The van der Waals surface area contributed by atoms with Crippen molar-refractivity contribution < 1.29 is 9.53 Å². The molecule has 204 valence electrons. The Morgan fingerprint density at radius 1 is 1.20 bits per heavy atom. The summed E-state index contributed by atoms with van der Waals surface area (Å²) in [4.78, 5) is 32.1. The van der Waals surface area contributed by atoms with E-state index >= 15 is 0 Å². The summed E-state index contributed by atoms with van der Waals surface area (Å²) in [5, 5.41) is 4.28. The van der Waals surface area contributed by atoms with Crippen LogP contribution in [-0.2, 0) is 4.79 Å². The van der Waals surface area contributed by atoms with Crippen LogP contribution in [0.1, 0.15) is 12.8 Å². The molecule has 4 aromatic rings. The van der Waals surface area contributed by atoms with Crippen LogP contribution in [0.4, 0.5) is 5.82 Å². The Morgan fingerprint density at radius 3 is 2.90 bits per heavy atom. The number of piperazine rings is 1. The standard InChI is InChI=1S/C31H32N6O2S/c1-4-28(38)37-15-14-36(19-24(37)18-32-2)30-26-11-10-22(25-9-5-7-21-12-16-40-29(21)25)17-27(26)33-31(34-30)39-20-23-8-6-13-35(23)3/h4-5,7,9-12,16-17,23-24H,1,6,8,13-15,18-20H2,3H3/t23-,24-/m0/s1. The third-order valence-corrected chi connectivity index (χ3v) is 9.03. The molecule has 2 aromatic carbocycles. The zero-order valence-electron chi connectivity index (χ0n) is 22.6. The second-order valence-electron chi connectivity index (χ2n) is 10.5. The minimum Gasteiger partial charge on any atom is -0.462 e. The summed E-state index contributed by atoms with van der Waals surface area (Å²) in [7, 11) is 2.13. The van der Waals surface area contributed by atoms with Gasteiger partial charge in [-0.05, 0) is 72.6 Å². The van der Waals surface area contributed by atoms with Crippen molar-refractivity contribution in [3.05, 3.63) is 71.9 Å². The number of likely N-dealkylation sites (tertiary alicyclic amines) is 1. The number of aromatic nitrogens is 2. The Labute approximate surface area is 238 Å². The van der Waals surface area contributed by atoms with Crippen molar-refractivity contribution in [2.24, 2.45) is 0 Å². The van der Waals surface area contributed by atoms with Crippen LogP contribution in [0.2, 0.25) is 0 Å². The first-order chi connectivity index (χ1) is 19.6. The van der Waals surface area contributed by atoms with Crippen LogP contribution >= 0.6 is 11.3 Å². The van der Waals surface area contributed by atoms with E-state index in [0.29, 0.717) is 38.3 Å². The monoisotopic (exact) mass is 552 g/mol. The molecule has 0 bridgehead atoms. The second kappa shape index (κ2) is 11.2. The summed E-state index contributed by atoms with van der Waals surface area (Å²) >= 11 is 1.74. The Morgan fingerprint density at radius 2 is 2.10 bits per heavy atom. The van der Waals surface area contributed by atoms with Crippen molar-refractivity contribution in [2.45, 2.75) is 24.9 Å². The molecule has 2 saturated heterocycles. The molecular formula is C31H32N6O2S. The number of carbonyl (C=O) groups is 1. The first kappa shape index (κ1) is 26.2. The van der Waals surface area contributed by atoms with E-state index in [9.17, 15) is 4.79 Å². The van der Waals surface area contributed by atoms with Crippen molar-refractivity contribution in [3.63, 3.8) is 0 Å². The highest BCUT2D eigenvalue weighted by Gasteiger charge is 2.33. The van der Waals surface area contributed by atoms with Gasteiger partial charge in [0.2, 0.25) is 12.5 Å². The Bertz CT molecular complexity index is 1610. The predicted molar refractivity (Wildman–Crippen MR) is 161 cm³/mol. The molecule has 40 heavy (non-hydrogen) atoms. The predicted octanol–water partition coefficient (Wildman–Crippen LogP) is 5.11. The zero-order chi connectivity index (χ0) is 27.6. The molecule has 2 fully saturated rings. The van der Waals surface area contributed by atoms with Gasteiger partial charge in [-0.15, -0.1) is 11.3 Å². The highest BCUT2D eigenvalue weighted by atomic mass is 32.1. The molecule has 0 radical (unpaired) electrons. The second-order valence-corrected chi connectivity index (χ2v) is 11.4. The van der Waals surface area contributed by atoms with Gasteiger partial charge in [-0.25, -0.2) is 6.57 Å². The first-order valence-corrected chi connectivity index (χ1v) is 14.6. The fraction of sp³-hybridized carbons (Fsp3) is 0.355. The number of benzene rings is 2. The Balaban J connectivity index is 1.39. The lowest BCUT2D eigenvalue weighted by Crippen LogP contribution is -2.56. The molecule has 2 aromatic heterocycles. The van der Waals surface area contributed by atoms with Gasteiger partial charge in [-0.2, -0.15) is 9.97 Å². The summed E-state index contributed by atoms with van der Waals surface area (Å²) < 4.78 is 7.49. The van der Waals surface area contributed by atoms with Crippen molar-refractivity contribution in [3.8, 4) is 17.1 Å². The van der Waals surface area contributed by atoms with Gasteiger partial charge in [-0.3, -0.25) is 4.79 Å². The maximum absolute atomic E-state index is 12.5. The number of ether oxygens (including phenoxy) is 1. The maximum Gasteiger partial charge on any atom is 0.319 e. The SMILES string of the molecule is [C-]#[N+]C[C@H]1CN(c2nc(OC[C@@H]3CCCN3C)nc3cc(-c4cccc5ccsc45)ccc23)CCN1C(=O)C=C. The molecule has 0 N–H and O–H groups in total. The summed E-state index contributed by atoms with van der Waals surface area (Å²) in [5.74, 6) is 0.638. The van der Waals surface area contributed by atoms with Gasteiger partial charge in [0.05, 0.1) is 5.52 Å². The number of hydrogen-bond donors (Lipinski definition) is 0. The van der Waals surface area contributed by atoms with E-state index in [1.165, 1.54) is 28.1 Å². The molecule has 9 heteroatoms. The largest absolute Gasteiger partial charge is 0.462 e. The molecule has 4 heterocycles. The van der Waals surface area contributed by atoms with Crippen LogP contribution in [0, 0.1) is 6.57 Å². The molecule has 8 nitrogen and oxygen atoms in total. The van der Waals surface area contributed by atoms with E-state index in [4.69, 9.17) is 21.3 Å². The Kier molecular flexibility index (Phi) is 7.37. The third-order valence-electron chi connectivity index (χ3n) is 8.06. The van der Waals surface area contributed by atoms with Crippen molar-refractivity contribution in [1.29, 1.82) is 0 Å². The van der Waals surface area contributed by atoms with E-state index in [0.717, 1.165) is 35.2 Å². The fourth-order valence-electron chi connectivity index (χ4n) is 5.86. The number of fused-ring (bicyclic) bond motifs is 2. The normalized spacial score (nSPS) is 19.7. The highest BCUT2D eigenvalue weighted by Crippen LogP contribution is 2.36. The lowest BCUT2D eigenvalue weighted by molar-refractivity contribution is -0.128. The topological polar surface area (TPSA) is 66.2 Å². The molecule has 1 amide bonds. The molecule has 0 saturated carbocycles. The molecule has 0 spiro atoms. The minimum atomic E-state index is -0.242. The summed E-state index contributed by atoms with van der Waals surface area (Å²) in [6.07, 6.45) is 3.60. The Hall–Kier alpha value is -4.00. The van der Waals surface area contributed by atoms with Gasteiger partial charge in [-0.1, -0.05) is 30.8 Å². The smallest absolute Gasteiger partial charge is 0.319 e. The van der Waals surface area contributed by atoms with Gasteiger partial charge < -0.3 is 24.3 Å². The number of amides is 1. The van der Waals surface area contributed by atoms with Gasteiger partial charge >= 0.3 is 6.01 Å². The zero-order valence-corrected chi connectivity index (χ0v) is 23.4. The van der Waals surface area contributed by atoms with Gasteiger partial charge in [0.25, 0.3) is 0 Å². The molecule has 6 rings (SSSR count). The van der Waals surface area contributed by atoms with Crippen LogP contribution in [0.25, 0.3) is 37.0 Å². The quantitative estimate of drug-likeness (QED) is 0.235. The van der Waals surface area contributed by atoms with Crippen LogP contribution in [0.15, 0.2) is 60.5 Å². The van der Waals surface area contributed by atoms with Crippen molar-refractivity contribution in [2.75, 3.05) is 51.3 Å². The minimum absolute atomic E-state index is 0.141. The lowest BCUT2D eigenvalue weighted by Gasteiger charge is -2.39. The van der Waals surface area contributed by atoms with E-state index in [-0.39, 0.29) is 18.5 Å². The fourth-order valence-corrected chi connectivity index (χ4v) is 6.80.